The number of benzene rings is 1. The zero-order valence-electron chi connectivity index (χ0n) is 14.3. The number of aromatic nitrogens is 4. The van der Waals surface area contributed by atoms with Crippen molar-refractivity contribution in [3.63, 3.8) is 0 Å². The Balaban J connectivity index is 1.50. The summed E-state index contributed by atoms with van der Waals surface area (Å²) in [5.41, 5.74) is 1.71. The Morgan fingerprint density at radius 3 is 3.08 bits per heavy atom. The van der Waals surface area contributed by atoms with E-state index in [0.717, 1.165) is 49.6 Å². The highest BCUT2D eigenvalue weighted by molar-refractivity contribution is 5.76. The van der Waals surface area contributed by atoms with Crippen LogP contribution in [0.5, 0.6) is 0 Å². The molecule has 2 aromatic heterocycles. The molecule has 1 fully saturated rings. The number of nitrogens with zero attached hydrogens (tertiary/aromatic N) is 5. The van der Waals surface area contributed by atoms with Gasteiger partial charge in [0, 0.05) is 38.1 Å². The van der Waals surface area contributed by atoms with E-state index in [4.69, 9.17) is 4.74 Å². The normalized spacial score (nSPS) is 18.9. The second-order valence-electron chi connectivity index (χ2n) is 6.36. The molecule has 3 aromatic rings. The van der Waals surface area contributed by atoms with Crippen molar-refractivity contribution in [1.82, 2.24) is 24.2 Å². The number of hydrogen-bond acceptors (Lipinski definition) is 4. The monoisotopic (exact) mass is 343 g/mol. The van der Waals surface area contributed by atoms with Gasteiger partial charge >= 0.3 is 0 Å². The van der Waals surface area contributed by atoms with E-state index in [-0.39, 0.29) is 11.9 Å². The first kappa shape index (κ1) is 16.2. The highest BCUT2D eigenvalue weighted by Gasteiger charge is 2.23. The van der Waals surface area contributed by atoms with Crippen molar-refractivity contribution in [2.24, 2.45) is 0 Å². The van der Waals surface area contributed by atoms with Gasteiger partial charge < -0.3 is 9.30 Å². The Morgan fingerprint density at radius 2 is 2.28 bits per heavy atom. The molecule has 0 N–H and O–H groups in total. The lowest BCUT2D eigenvalue weighted by Crippen LogP contribution is -2.44. The molecule has 1 aromatic carbocycles. The summed E-state index contributed by atoms with van der Waals surface area (Å²) in [6.07, 6.45) is 3.85. The number of fused-ring (bicyclic) bond motifs is 1. The Hall–Kier alpha value is -2.25. The predicted octanol–water partition coefficient (Wildman–Crippen LogP) is 2.29. The molecular formula is C18H22FN5O. The van der Waals surface area contributed by atoms with Crippen LogP contribution in [0.4, 0.5) is 4.39 Å². The number of aryl methyl sites for hydroxylation is 1. The van der Waals surface area contributed by atoms with Crippen molar-refractivity contribution in [2.75, 3.05) is 19.7 Å². The molecule has 0 amide bonds. The lowest BCUT2D eigenvalue weighted by Gasteiger charge is -2.32. The van der Waals surface area contributed by atoms with E-state index in [0.29, 0.717) is 6.61 Å². The van der Waals surface area contributed by atoms with Gasteiger partial charge in [0.25, 0.3) is 0 Å². The minimum absolute atomic E-state index is 0.116. The van der Waals surface area contributed by atoms with Gasteiger partial charge in [-0.3, -0.25) is 9.58 Å². The smallest absolute Gasteiger partial charge is 0.125 e. The number of hydrogen-bond donors (Lipinski definition) is 0. The summed E-state index contributed by atoms with van der Waals surface area (Å²) < 4.78 is 23.4. The average Bonchev–Trinajstić information content (AvgIpc) is 3.22. The summed E-state index contributed by atoms with van der Waals surface area (Å²) in [5, 5.41) is 4.25. The second-order valence-corrected chi connectivity index (χ2v) is 6.36. The summed E-state index contributed by atoms with van der Waals surface area (Å²) in [7, 11) is 0. The van der Waals surface area contributed by atoms with Gasteiger partial charge in [-0.15, -0.1) is 0 Å². The standard InChI is InChI=1S/C18H22FN5O/c1-2-24-17-5-4-14(19)10-16(17)21-18(24)13-22-8-9-25-15(11-22)12-23-7-3-6-20-23/h3-7,10,15H,2,8-9,11-13H2,1H3. The average molecular weight is 343 g/mol. The van der Waals surface area contributed by atoms with Crippen LogP contribution in [0.15, 0.2) is 36.7 Å². The van der Waals surface area contributed by atoms with E-state index < -0.39 is 0 Å². The van der Waals surface area contributed by atoms with E-state index in [9.17, 15) is 4.39 Å². The Labute approximate surface area is 145 Å². The summed E-state index contributed by atoms with van der Waals surface area (Å²) in [4.78, 5) is 7.01. The highest BCUT2D eigenvalue weighted by atomic mass is 19.1. The summed E-state index contributed by atoms with van der Waals surface area (Å²) >= 11 is 0. The zero-order valence-corrected chi connectivity index (χ0v) is 14.3. The molecule has 0 bridgehead atoms. The summed E-state index contributed by atoms with van der Waals surface area (Å²) in [6.45, 7) is 6.80. The number of halogens is 1. The van der Waals surface area contributed by atoms with E-state index >= 15 is 0 Å². The molecule has 0 aliphatic carbocycles. The first-order valence-corrected chi connectivity index (χ1v) is 8.69. The molecule has 132 valence electrons. The van der Waals surface area contributed by atoms with E-state index in [2.05, 4.69) is 26.5 Å². The zero-order chi connectivity index (χ0) is 17.2. The fourth-order valence-electron chi connectivity index (χ4n) is 3.48. The fourth-order valence-corrected chi connectivity index (χ4v) is 3.48. The third-order valence-corrected chi connectivity index (χ3v) is 4.64. The Kier molecular flexibility index (Phi) is 4.50. The van der Waals surface area contributed by atoms with Crippen molar-refractivity contribution in [2.45, 2.75) is 32.7 Å². The number of morpholine rings is 1. The first-order chi connectivity index (χ1) is 12.2. The molecule has 4 rings (SSSR count). The predicted molar refractivity (Wildman–Crippen MR) is 92.6 cm³/mol. The molecule has 0 radical (unpaired) electrons. The molecule has 1 aliphatic heterocycles. The van der Waals surface area contributed by atoms with E-state index in [1.54, 1.807) is 6.20 Å². The molecule has 1 unspecified atom stereocenters. The Bertz CT molecular complexity index is 845. The third-order valence-electron chi connectivity index (χ3n) is 4.64. The van der Waals surface area contributed by atoms with Crippen molar-refractivity contribution in [1.29, 1.82) is 0 Å². The van der Waals surface area contributed by atoms with E-state index in [1.165, 1.54) is 12.1 Å². The van der Waals surface area contributed by atoms with Crippen LogP contribution in [0.1, 0.15) is 12.7 Å². The maximum atomic E-state index is 13.5. The molecule has 0 saturated carbocycles. The van der Waals surface area contributed by atoms with Gasteiger partial charge in [-0.25, -0.2) is 9.37 Å². The molecule has 0 spiro atoms. The number of ether oxygens (including phenoxy) is 1. The summed E-state index contributed by atoms with van der Waals surface area (Å²) in [6, 6.07) is 6.73. The summed E-state index contributed by atoms with van der Waals surface area (Å²) in [5.74, 6) is 0.730. The van der Waals surface area contributed by atoms with Gasteiger partial charge in [0.1, 0.15) is 11.6 Å². The minimum Gasteiger partial charge on any atom is -0.374 e. The molecule has 3 heterocycles. The van der Waals surface area contributed by atoms with Gasteiger partial charge in [-0.1, -0.05) is 0 Å². The van der Waals surface area contributed by atoms with Gasteiger partial charge in [-0.2, -0.15) is 5.10 Å². The van der Waals surface area contributed by atoms with Crippen LogP contribution in [-0.2, 0) is 24.4 Å². The van der Waals surface area contributed by atoms with Crippen LogP contribution >= 0.6 is 0 Å². The second kappa shape index (κ2) is 6.93. The molecular weight excluding hydrogens is 321 g/mol. The maximum absolute atomic E-state index is 13.5. The molecule has 25 heavy (non-hydrogen) atoms. The lowest BCUT2D eigenvalue weighted by atomic mass is 10.2. The lowest BCUT2D eigenvalue weighted by molar-refractivity contribution is -0.0411. The van der Waals surface area contributed by atoms with Crippen LogP contribution in [0.2, 0.25) is 0 Å². The molecule has 6 nitrogen and oxygen atoms in total. The fraction of sp³-hybridized carbons (Fsp3) is 0.444. The van der Waals surface area contributed by atoms with Crippen molar-refractivity contribution in [3.8, 4) is 0 Å². The molecule has 1 aliphatic rings. The SMILES string of the molecule is CCn1c(CN2CCOC(Cn3cccn3)C2)nc2cc(F)ccc21. The number of imidazole rings is 1. The Morgan fingerprint density at radius 1 is 1.36 bits per heavy atom. The first-order valence-electron chi connectivity index (χ1n) is 8.69. The van der Waals surface area contributed by atoms with Gasteiger partial charge in [0.05, 0.1) is 36.8 Å². The van der Waals surface area contributed by atoms with Gasteiger partial charge in [-0.05, 0) is 25.1 Å². The van der Waals surface area contributed by atoms with Gasteiger partial charge in [0.15, 0.2) is 0 Å². The van der Waals surface area contributed by atoms with Crippen molar-refractivity contribution in [3.05, 3.63) is 48.3 Å². The topological polar surface area (TPSA) is 48.1 Å². The third kappa shape index (κ3) is 3.43. The minimum atomic E-state index is -0.245. The quantitative estimate of drug-likeness (QED) is 0.713. The van der Waals surface area contributed by atoms with Crippen LogP contribution < -0.4 is 0 Å². The molecule has 1 saturated heterocycles. The largest absolute Gasteiger partial charge is 0.374 e. The highest BCUT2D eigenvalue weighted by Crippen LogP contribution is 2.20. The molecule has 1 atom stereocenters. The molecule has 7 heteroatoms. The van der Waals surface area contributed by atoms with Crippen LogP contribution in [0.25, 0.3) is 11.0 Å². The van der Waals surface area contributed by atoms with Crippen LogP contribution in [0.3, 0.4) is 0 Å². The van der Waals surface area contributed by atoms with E-state index in [1.807, 2.05) is 23.0 Å². The van der Waals surface area contributed by atoms with Crippen molar-refractivity contribution >= 4 is 11.0 Å². The van der Waals surface area contributed by atoms with Gasteiger partial charge in [0.2, 0.25) is 0 Å². The van der Waals surface area contributed by atoms with Crippen LogP contribution in [-0.4, -0.2) is 50.0 Å². The number of rotatable bonds is 5. The van der Waals surface area contributed by atoms with Crippen molar-refractivity contribution < 1.29 is 9.13 Å². The van der Waals surface area contributed by atoms with Crippen LogP contribution in [0, 0.1) is 5.82 Å². The maximum Gasteiger partial charge on any atom is 0.125 e.